The van der Waals surface area contributed by atoms with E-state index in [2.05, 4.69) is 10.1 Å². The third-order valence-corrected chi connectivity index (χ3v) is 2.65. The summed E-state index contributed by atoms with van der Waals surface area (Å²) in [6.45, 7) is 0. The van der Waals surface area contributed by atoms with Gasteiger partial charge in [0.05, 0.1) is 6.42 Å². The van der Waals surface area contributed by atoms with E-state index in [9.17, 15) is 4.79 Å². The van der Waals surface area contributed by atoms with Crippen molar-refractivity contribution >= 4 is 17.1 Å². The molecule has 0 spiro atoms. The van der Waals surface area contributed by atoms with Crippen molar-refractivity contribution in [2.24, 2.45) is 7.05 Å². The van der Waals surface area contributed by atoms with Crippen LogP contribution in [0, 0.1) is 0 Å². The second kappa shape index (κ2) is 3.71. The number of rotatable bonds is 3. The topological polar surface area (TPSA) is 47.8 Å². The summed E-state index contributed by atoms with van der Waals surface area (Å²) in [7, 11) is 1.78. The number of aromatic nitrogens is 3. The van der Waals surface area contributed by atoms with E-state index < -0.39 is 0 Å². The van der Waals surface area contributed by atoms with E-state index in [1.54, 1.807) is 11.7 Å². The van der Waals surface area contributed by atoms with E-state index in [0.29, 0.717) is 12.2 Å². The summed E-state index contributed by atoms with van der Waals surface area (Å²) in [4.78, 5) is 15.7. The maximum Gasteiger partial charge on any atom is 0.171 e. The average molecular weight is 207 g/mol. The Morgan fingerprint density at radius 1 is 1.64 bits per heavy atom. The zero-order valence-corrected chi connectivity index (χ0v) is 8.49. The van der Waals surface area contributed by atoms with Gasteiger partial charge < -0.3 is 0 Å². The molecule has 0 aliphatic rings. The Labute approximate surface area is 85.2 Å². The van der Waals surface area contributed by atoms with Crippen LogP contribution in [-0.2, 0) is 13.5 Å². The second-order valence-corrected chi connectivity index (χ2v) is 3.69. The summed E-state index contributed by atoms with van der Waals surface area (Å²) in [5, 5.41) is 7.65. The number of nitrogens with zero attached hydrogens (tertiary/aromatic N) is 3. The van der Waals surface area contributed by atoms with Gasteiger partial charge in [0.1, 0.15) is 12.2 Å². The number of carbonyl (C=O) groups is 1. The molecule has 2 heterocycles. The molecule has 0 N–H and O–H groups in total. The lowest BCUT2D eigenvalue weighted by Gasteiger charge is -1.97. The second-order valence-electron chi connectivity index (χ2n) is 2.91. The first-order valence-corrected chi connectivity index (χ1v) is 5.10. The normalized spacial score (nSPS) is 10.4. The molecule has 2 aromatic rings. The van der Waals surface area contributed by atoms with E-state index in [-0.39, 0.29) is 5.78 Å². The first-order valence-electron chi connectivity index (χ1n) is 4.15. The molecule has 0 bridgehead atoms. The van der Waals surface area contributed by atoms with Crippen LogP contribution < -0.4 is 0 Å². The lowest BCUT2D eigenvalue weighted by atomic mass is 10.1. The molecule has 0 aliphatic carbocycles. The molecule has 5 heteroatoms. The SMILES string of the molecule is Cn1ncnc1CC(=O)c1ccsc1. The summed E-state index contributed by atoms with van der Waals surface area (Å²) in [5.74, 6) is 0.781. The summed E-state index contributed by atoms with van der Waals surface area (Å²) in [6.07, 6.45) is 1.77. The molecule has 0 atom stereocenters. The van der Waals surface area contributed by atoms with Crippen LogP contribution in [0.1, 0.15) is 16.2 Å². The smallest absolute Gasteiger partial charge is 0.171 e. The number of hydrogen-bond acceptors (Lipinski definition) is 4. The van der Waals surface area contributed by atoms with Gasteiger partial charge in [-0.2, -0.15) is 16.4 Å². The number of carbonyl (C=O) groups excluding carboxylic acids is 1. The minimum absolute atomic E-state index is 0.0855. The van der Waals surface area contributed by atoms with E-state index in [1.165, 1.54) is 17.7 Å². The van der Waals surface area contributed by atoms with Gasteiger partial charge in [-0.25, -0.2) is 4.98 Å². The summed E-state index contributed by atoms with van der Waals surface area (Å²) in [5.41, 5.74) is 0.748. The van der Waals surface area contributed by atoms with Gasteiger partial charge in [-0.1, -0.05) is 0 Å². The van der Waals surface area contributed by atoms with E-state index in [4.69, 9.17) is 0 Å². The van der Waals surface area contributed by atoms with Crippen molar-refractivity contribution in [2.45, 2.75) is 6.42 Å². The largest absolute Gasteiger partial charge is 0.294 e. The lowest BCUT2D eigenvalue weighted by molar-refractivity contribution is 0.0990. The van der Waals surface area contributed by atoms with E-state index in [1.807, 2.05) is 16.8 Å². The van der Waals surface area contributed by atoms with Crippen LogP contribution in [0.5, 0.6) is 0 Å². The predicted octanol–water partition coefficient (Wildman–Crippen LogP) is 1.30. The Morgan fingerprint density at radius 2 is 2.50 bits per heavy atom. The van der Waals surface area contributed by atoms with Crippen molar-refractivity contribution in [1.29, 1.82) is 0 Å². The standard InChI is InChI=1S/C9H9N3OS/c1-12-9(10-6-11-12)4-8(13)7-2-3-14-5-7/h2-3,5-6H,4H2,1H3. The van der Waals surface area contributed by atoms with Crippen molar-refractivity contribution in [3.05, 3.63) is 34.5 Å². The number of hydrogen-bond donors (Lipinski definition) is 0. The third-order valence-electron chi connectivity index (χ3n) is 1.97. The van der Waals surface area contributed by atoms with Crippen molar-refractivity contribution < 1.29 is 4.79 Å². The van der Waals surface area contributed by atoms with Crippen molar-refractivity contribution in [2.75, 3.05) is 0 Å². The molecule has 0 fully saturated rings. The van der Waals surface area contributed by atoms with Crippen LogP contribution in [0.15, 0.2) is 23.2 Å². The summed E-state index contributed by atoms with van der Waals surface area (Å²) in [6, 6.07) is 1.82. The number of ketones is 1. The fourth-order valence-corrected chi connectivity index (χ4v) is 1.81. The van der Waals surface area contributed by atoms with Crippen molar-refractivity contribution in [3.63, 3.8) is 0 Å². The van der Waals surface area contributed by atoms with Gasteiger partial charge in [-0.3, -0.25) is 9.48 Å². The van der Waals surface area contributed by atoms with Gasteiger partial charge in [-0.15, -0.1) is 0 Å². The van der Waals surface area contributed by atoms with Crippen molar-refractivity contribution in [3.8, 4) is 0 Å². The van der Waals surface area contributed by atoms with Gasteiger partial charge >= 0.3 is 0 Å². The lowest BCUT2D eigenvalue weighted by Crippen LogP contribution is -2.08. The quantitative estimate of drug-likeness (QED) is 0.713. The number of thiophene rings is 1. The zero-order valence-electron chi connectivity index (χ0n) is 7.67. The van der Waals surface area contributed by atoms with E-state index in [0.717, 1.165) is 5.56 Å². The molecule has 0 amide bonds. The van der Waals surface area contributed by atoms with Crippen LogP contribution in [-0.4, -0.2) is 20.5 Å². The summed E-state index contributed by atoms with van der Waals surface area (Å²) >= 11 is 1.52. The maximum atomic E-state index is 11.7. The van der Waals surface area contributed by atoms with Crippen LogP contribution in [0.2, 0.25) is 0 Å². The highest BCUT2D eigenvalue weighted by molar-refractivity contribution is 7.08. The monoisotopic (exact) mass is 207 g/mol. The molecule has 2 rings (SSSR count). The first-order chi connectivity index (χ1) is 6.77. The Hall–Kier alpha value is -1.49. The minimum atomic E-state index is 0.0855. The van der Waals surface area contributed by atoms with Crippen LogP contribution in [0.3, 0.4) is 0 Å². The van der Waals surface area contributed by atoms with E-state index >= 15 is 0 Å². The van der Waals surface area contributed by atoms with Gasteiger partial charge in [0.25, 0.3) is 0 Å². The highest BCUT2D eigenvalue weighted by atomic mass is 32.1. The minimum Gasteiger partial charge on any atom is -0.294 e. The molecule has 72 valence electrons. The molecular weight excluding hydrogens is 198 g/mol. The zero-order chi connectivity index (χ0) is 9.97. The first kappa shape index (κ1) is 9.08. The molecule has 0 aliphatic heterocycles. The molecule has 0 saturated carbocycles. The van der Waals surface area contributed by atoms with Crippen molar-refractivity contribution in [1.82, 2.24) is 14.8 Å². The third kappa shape index (κ3) is 1.72. The molecule has 14 heavy (non-hydrogen) atoms. The molecular formula is C9H9N3OS. The number of Topliss-reactive ketones (excluding diaryl/α,β-unsaturated/α-hetero) is 1. The molecule has 0 saturated heterocycles. The van der Waals surface area contributed by atoms with Gasteiger partial charge in [-0.05, 0) is 11.4 Å². The fraction of sp³-hybridized carbons (Fsp3) is 0.222. The Kier molecular flexibility index (Phi) is 2.41. The fourth-order valence-electron chi connectivity index (χ4n) is 1.15. The van der Waals surface area contributed by atoms with Crippen LogP contribution in [0.4, 0.5) is 0 Å². The van der Waals surface area contributed by atoms with Crippen LogP contribution >= 0.6 is 11.3 Å². The molecule has 0 unspecified atom stereocenters. The maximum absolute atomic E-state index is 11.7. The van der Waals surface area contributed by atoms with Gasteiger partial charge in [0.15, 0.2) is 5.78 Å². The predicted molar refractivity (Wildman–Crippen MR) is 53.4 cm³/mol. The van der Waals surface area contributed by atoms with Gasteiger partial charge in [0, 0.05) is 18.0 Å². The average Bonchev–Trinajstić information content (AvgIpc) is 2.77. The molecule has 2 aromatic heterocycles. The van der Waals surface area contributed by atoms with Crippen LogP contribution in [0.25, 0.3) is 0 Å². The Balaban J connectivity index is 2.13. The van der Waals surface area contributed by atoms with Gasteiger partial charge in [0.2, 0.25) is 0 Å². The molecule has 0 aromatic carbocycles. The highest BCUT2D eigenvalue weighted by Gasteiger charge is 2.10. The summed E-state index contributed by atoms with van der Waals surface area (Å²) < 4.78 is 1.62. The molecule has 0 radical (unpaired) electrons. The molecule has 4 nitrogen and oxygen atoms in total. The Morgan fingerprint density at radius 3 is 3.07 bits per heavy atom. The highest BCUT2D eigenvalue weighted by Crippen LogP contribution is 2.09. The Bertz CT molecular complexity index is 433. The number of aryl methyl sites for hydroxylation is 1.